The van der Waals surface area contributed by atoms with Crippen LogP contribution in [-0.2, 0) is 4.74 Å². The number of carbonyl (C=O) groups is 1. The predicted octanol–water partition coefficient (Wildman–Crippen LogP) is 2.57. The second-order valence-corrected chi connectivity index (χ2v) is 5.37. The second-order valence-electron chi connectivity index (χ2n) is 5.37. The molecule has 1 heterocycles. The molecule has 118 valence electrons. The maximum absolute atomic E-state index is 12.3. The van der Waals surface area contributed by atoms with Crippen LogP contribution in [0.3, 0.4) is 0 Å². The van der Waals surface area contributed by atoms with Gasteiger partial charge < -0.3 is 15.2 Å². The Morgan fingerprint density at radius 2 is 2.30 bits per heavy atom. The quantitative estimate of drug-likeness (QED) is 0.910. The highest BCUT2D eigenvalue weighted by atomic mass is 16.5. The molecule has 0 saturated heterocycles. The summed E-state index contributed by atoms with van der Waals surface area (Å²) in [4.78, 5) is 16.4. The van der Waals surface area contributed by atoms with Gasteiger partial charge in [0.15, 0.2) is 5.75 Å². The van der Waals surface area contributed by atoms with Crippen LogP contribution in [0.5, 0.6) is 5.75 Å². The van der Waals surface area contributed by atoms with Crippen molar-refractivity contribution < 1.29 is 14.6 Å². The highest BCUT2D eigenvalue weighted by molar-refractivity contribution is 6.02. The molecule has 0 fully saturated rings. The number of amides is 1. The summed E-state index contributed by atoms with van der Waals surface area (Å²) >= 11 is 0. The molecule has 1 aliphatic rings. The van der Waals surface area contributed by atoms with Crippen molar-refractivity contribution in [2.24, 2.45) is 0 Å². The molecule has 0 spiro atoms. The Morgan fingerprint density at radius 1 is 1.43 bits per heavy atom. The van der Waals surface area contributed by atoms with Gasteiger partial charge in [-0.25, -0.2) is 0 Å². The lowest BCUT2D eigenvalue weighted by Gasteiger charge is -2.15. The number of nitrogens with zero attached hydrogens (tertiary/aromatic N) is 1. The summed E-state index contributed by atoms with van der Waals surface area (Å²) < 4.78 is 5.23. The van der Waals surface area contributed by atoms with E-state index < -0.39 is 0 Å². The highest BCUT2D eigenvalue weighted by Gasteiger charge is 2.15. The Balaban J connectivity index is 1.71. The molecule has 0 aliphatic heterocycles. The van der Waals surface area contributed by atoms with Crippen LogP contribution in [0.1, 0.15) is 16.8 Å². The third kappa shape index (κ3) is 3.24. The average molecular weight is 310 g/mol. The van der Waals surface area contributed by atoms with E-state index in [0.717, 1.165) is 17.4 Å². The molecule has 1 aliphatic carbocycles. The number of hydrogen-bond acceptors (Lipinski definition) is 4. The fourth-order valence-electron chi connectivity index (χ4n) is 2.54. The summed E-state index contributed by atoms with van der Waals surface area (Å²) in [6.45, 7) is 0.408. The molecular weight excluding hydrogens is 292 g/mol. The average Bonchev–Trinajstić information content (AvgIpc) is 2.60. The van der Waals surface area contributed by atoms with Gasteiger partial charge in [-0.05, 0) is 24.1 Å². The van der Waals surface area contributed by atoms with Crippen LogP contribution in [0.15, 0.2) is 54.3 Å². The van der Waals surface area contributed by atoms with Gasteiger partial charge in [-0.15, -0.1) is 0 Å². The van der Waals surface area contributed by atoms with E-state index in [1.807, 2.05) is 24.3 Å². The first-order chi connectivity index (χ1) is 11.2. The van der Waals surface area contributed by atoms with Crippen molar-refractivity contribution in [1.29, 1.82) is 0 Å². The van der Waals surface area contributed by atoms with Crippen LogP contribution in [0.25, 0.3) is 10.9 Å². The third-order valence-corrected chi connectivity index (χ3v) is 3.89. The minimum atomic E-state index is -0.321. The number of fused-ring (bicyclic) bond motifs is 1. The Morgan fingerprint density at radius 3 is 3.04 bits per heavy atom. The van der Waals surface area contributed by atoms with Crippen LogP contribution in [0.2, 0.25) is 0 Å². The molecule has 5 nitrogen and oxygen atoms in total. The van der Waals surface area contributed by atoms with Gasteiger partial charge in [0.05, 0.1) is 11.7 Å². The Kier molecular flexibility index (Phi) is 4.39. The fourth-order valence-corrected chi connectivity index (χ4v) is 2.54. The molecule has 3 rings (SSSR count). The summed E-state index contributed by atoms with van der Waals surface area (Å²) in [5.41, 5.74) is 1.68. The van der Waals surface area contributed by atoms with Gasteiger partial charge in [0.1, 0.15) is 5.52 Å². The fraction of sp³-hybridized carbons (Fsp3) is 0.222. The molecule has 23 heavy (non-hydrogen) atoms. The van der Waals surface area contributed by atoms with Gasteiger partial charge in [0.25, 0.3) is 5.91 Å². The zero-order valence-corrected chi connectivity index (χ0v) is 12.8. The van der Waals surface area contributed by atoms with Gasteiger partial charge in [-0.3, -0.25) is 9.78 Å². The van der Waals surface area contributed by atoms with Crippen LogP contribution in [0, 0.1) is 0 Å². The molecule has 1 unspecified atom stereocenters. The normalized spacial score (nSPS) is 17.1. The van der Waals surface area contributed by atoms with E-state index in [1.165, 1.54) is 0 Å². The number of aromatic nitrogens is 1. The van der Waals surface area contributed by atoms with E-state index in [2.05, 4.69) is 10.3 Å². The molecule has 0 radical (unpaired) electrons. The largest absolute Gasteiger partial charge is 0.505 e. The monoisotopic (exact) mass is 310 g/mol. The van der Waals surface area contributed by atoms with Crippen molar-refractivity contribution in [3.63, 3.8) is 0 Å². The van der Waals surface area contributed by atoms with Crippen molar-refractivity contribution in [2.75, 3.05) is 13.7 Å². The molecule has 2 aromatic rings. The lowest BCUT2D eigenvalue weighted by atomic mass is 10.0. The standard InChI is InChI=1S/C18H18N2O3/c1-23-14-7-4-12(5-8-14)11-20-18(22)15-9-6-13-3-2-10-19-16(13)17(15)21/h2-7,9-10,14,21H,8,11H2,1H3,(H,20,22). The van der Waals surface area contributed by atoms with E-state index in [4.69, 9.17) is 4.74 Å². The summed E-state index contributed by atoms with van der Waals surface area (Å²) in [6.07, 6.45) is 8.44. The number of pyridine rings is 1. The molecule has 2 N–H and O–H groups in total. The van der Waals surface area contributed by atoms with E-state index in [0.29, 0.717) is 12.1 Å². The van der Waals surface area contributed by atoms with Crippen molar-refractivity contribution in [2.45, 2.75) is 12.5 Å². The smallest absolute Gasteiger partial charge is 0.255 e. The molecule has 0 saturated carbocycles. The van der Waals surface area contributed by atoms with Crippen molar-refractivity contribution >= 4 is 16.8 Å². The number of hydrogen-bond donors (Lipinski definition) is 2. The summed E-state index contributed by atoms with van der Waals surface area (Å²) in [7, 11) is 1.67. The maximum atomic E-state index is 12.3. The zero-order valence-electron chi connectivity index (χ0n) is 12.8. The minimum Gasteiger partial charge on any atom is -0.505 e. The summed E-state index contributed by atoms with van der Waals surface area (Å²) in [5, 5.41) is 13.9. The van der Waals surface area contributed by atoms with Crippen molar-refractivity contribution in [3.05, 3.63) is 59.8 Å². The molecule has 0 bridgehead atoms. The Hall–Kier alpha value is -2.66. The molecule has 1 aromatic heterocycles. The number of methoxy groups -OCH3 is 1. The van der Waals surface area contributed by atoms with Crippen molar-refractivity contribution in [1.82, 2.24) is 10.3 Å². The number of phenolic OH excluding ortho intramolecular Hbond substituents is 1. The van der Waals surface area contributed by atoms with E-state index in [9.17, 15) is 9.90 Å². The predicted molar refractivity (Wildman–Crippen MR) is 88.4 cm³/mol. The van der Waals surface area contributed by atoms with Gasteiger partial charge in [-0.1, -0.05) is 30.4 Å². The minimum absolute atomic E-state index is 0.0896. The van der Waals surface area contributed by atoms with Gasteiger partial charge >= 0.3 is 0 Å². The molecule has 1 aromatic carbocycles. The van der Waals surface area contributed by atoms with Gasteiger partial charge in [0, 0.05) is 25.2 Å². The van der Waals surface area contributed by atoms with Gasteiger partial charge in [0.2, 0.25) is 0 Å². The molecule has 1 atom stereocenters. The number of nitrogens with one attached hydrogen (secondary N) is 1. The Bertz CT molecular complexity index is 796. The first-order valence-electron chi connectivity index (χ1n) is 7.44. The van der Waals surface area contributed by atoms with Crippen LogP contribution in [0.4, 0.5) is 0 Å². The SMILES string of the molecule is COC1C=CC(CNC(=O)c2ccc3cccnc3c2O)=CC1. The van der Waals surface area contributed by atoms with Crippen LogP contribution in [-0.4, -0.2) is 35.8 Å². The zero-order chi connectivity index (χ0) is 16.2. The lowest BCUT2D eigenvalue weighted by molar-refractivity contribution is 0.0954. The van der Waals surface area contributed by atoms with Crippen LogP contribution >= 0.6 is 0 Å². The third-order valence-electron chi connectivity index (χ3n) is 3.89. The first kappa shape index (κ1) is 15.2. The topological polar surface area (TPSA) is 71.5 Å². The van der Waals surface area contributed by atoms with Gasteiger partial charge in [-0.2, -0.15) is 0 Å². The Labute approximate surface area is 134 Å². The number of ether oxygens (including phenoxy) is 1. The van der Waals surface area contributed by atoms with E-state index in [-0.39, 0.29) is 23.3 Å². The molecule has 5 heteroatoms. The number of benzene rings is 1. The maximum Gasteiger partial charge on any atom is 0.255 e. The first-order valence-corrected chi connectivity index (χ1v) is 7.44. The number of aromatic hydroxyl groups is 1. The number of carbonyl (C=O) groups excluding carboxylic acids is 1. The van der Waals surface area contributed by atoms with Crippen molar-refractivity contribution in [3.8, 4) is 5.75 Å². The van der Waals surface area contributed by atoms with Crippen LogP contribution < -0.4 is 5.32 Å². The molecular formula is C18H18N2O3. The number of phenols is 1. The number of rotatable bonds is 4. The second kappa shape index (κ2) is 6.62. The van der Waals surface area contributed by atoms with E-state index >= 15 is 0 Å². The summed E-state index contributed by atoms with van der Waals surface area (Å²) in [6, 6.07) is 7.02. The summed E-state index contributed by atoms with van der Waals surface area (Å²) in [5.74, 6) is -0.411. The highest BCUT2D eigenvalue weighted by Crippen LogP contribution is 2.26. The van der Waals surface area contributed by atoms with E-state index in [1.54, 1.807) is 31.5 Å². The lowest BCUT2D eigenvalue weighted by Crippen LogP contribution is -2.26. The molecule has 1 amide bonds.